The molecule has 5 nitrogen and oxygen atoms in total. The van der Waals surface area contributed by atoms with Crippen molar-refractivity contribution in [2.24, 2.45) is 0 Å². The smallest absolute Gasteiger partial charge is 0.344 e. The number of thiophene rings is 1. The number of benzene rings is 1. The van der Waals surface area contributed by atoms with Crippen LogP contribution in [0.5, 0.6) is 5.75 Å². The van der Waals surface area contributed by atoms with Gasteiger partial charge in [-0.3, -0.25) is 4.79 Å². The molecular weight excluding hydrogens is 433 g/mol. The minimum atomic E-state index is -0.669. The summed E-state index contributed by atoms with van der Waals surface area (Å²) in [6.45, 7) is -0.0488. The molecule has 2 heterocycles. The third-order valence-electron chi connectivity index (χ3n) is 4.12. The van der Waals surface area contributed by atoms with Gasteiger partial charge in [-0.1, -0.05) is 40.9 Å². The normalized spacial score (nSPS) is 16.4. The van der Waals surface area contributed by atoms with Crippen LogP contribution in [0.25, 0.3) is 0 Å². The van der Waals surface area contributed by atoms with Gasteiger partial charge >= 0.3 is 5.97 Å². The Labute approximate surface area is 175 Å². The Kier molecular flexibility index (Phi) is 6.87. The molecule has 1 fully saturated rings. The van der Waals surface area contributed by atoms with Crippen molar-refractivity contribution in [3.63, 3.8) is 0 Å². The molecule has 1 aromatic carbocycles. The van der Waals surface area contributed by atoms with Crippen LogP contribution >= 0.6 is 46.1 Å². The van der Waals surface area contributed by atoms with Crippen LogP contribution in [-0.2, 0) is 14.3 Å². The van der Waals surface area contributed by atoms with Crippen LogP contribution in [0.2, 0.25) is 15.1 Å². The highest BCUT2D eigenvalue weighted by molar-refractivity contribution is 7.10. The van der Waals surface area contributed by atoms with Crippen LogP contribution < -0.4 is 4.74 Å². The van der Waals surface area contributed by atoms with E-state index in [1.54, 1.807) is 16.2 Å². The number of carbonyl (C=O) groups is 2. The Hall–Kier alpha value is -1.47. The van der Waals surface area contributed by atoms with Crippen molar-refractivity contribution in [1.29, 1.82) is 0 Å². The fourth-order valence-electron chi connectivity index (χ4n) is 2.86. The van der Waals surface area contributed by atoms with Crippen molar-refractivity contribution < 1.29 is 19.1 Å². The van der Waals surface area contributed by atoms with Crippen molar-refractivity contribution in [2.45, 2.75) is 18.9 Å². The van der Waals surface area contributed by atoms with Gasteiger partial charge in [0.05, 0.1) is 21.1 Å². The second-order valence-corrected chi connectivity index (χ2v) is 8.11. The molecule has 144 valence electrons. The Morgan fingerprint density at radius 3 is 2.67 bits per heavy atom. The second kappa shape index (κ2) is 9.15. The summed E-state index contributed by atoms with van der Waals surface area (Å²) in [5.74, 6) is -0.671. The van der Waals surface area contributed by atoms with E-state index in [0.717, 1.165) is 17.7 Å². The maximum atomic E-state index is 12.4. The predicted molar refractivity (Wildman–Crippen MR) is 106 cm³/mol. The van der Waals surface area contributed by atoms with Crippen molar-refractivity contribution >= 4 is 58.0 Å². The molecule has 0 bridgehead atoms. The van der Waals surface area contributed by atoms with E-state index in [4.69, 9.17) is 44.3 Å². The number of esters is 1. The summed E-state index contributed by atoms with van der Waals surface area (Å²) in [7, 11) is 0. The average Bonchev–Trinajstić information content (AvgIpc) is 3.32. The van der Waals surface area contributed by atoms with Crippen LogP contribution in [0.1, 0.15) is 23.8 Å². The first-order valence-electron chi connectivity index (χ1n) is 8.21. The molecule has 0 aliphatic carbocycles. The summed E-state index contributed by atoms with van der Waals surface area (Å²) in [6, 6.07) is 6.88. The third kappa shape index (κ3) is 5.08. The summed E-state index contributed by atoms with van der Waals surface area (Å²) in [5, 5.41) is 2.76. The van der Waals surface area contributed by atoms with Crippen LogP contribution in [0.3, 0.4) is 0 Å². The summed E-state index contributed by atoms with van der Waals surface area (Å²) >= 11 is 19.3. The topological polar surface area (TPSA) is 55.8 Å². The molecule has 9 heteroatoms. The maximum absolute atomic E-state index is 12.4. The molecule has 2 aromatic rings. The number of rotatable bonds is 6. The largest absolute Gasteiger partial charge is 0.480 e. The molecule has 27 heavy (non-hydrogen) atoms. The molecule has 0 saturated carbocycles. The van der Waals surface area contributed by atoms with Gasteiger partial charge in [0.1, 0.15) is 5.75 Å². The molecule has 1 aliphatic rings. The monoisotopic (exact) mass is 447 g/mol. The second-order valence-electron chi connectivity index (χ2n) is 5.91. The van der Waals surface area contributed by atoms with E-state index in [9.17, 15) is 9.59 Å². The number of hydrogen-bond acceptors (Lipinski definition) is 5. The first kappa shape index (κ1) is 20.3. The van der Waals surface area contributed by atoms with E-state index in [0.29, 0.717) is 6.54 Å². The standard InChI is InChI=1S/C18H16Cl3NO4S/c19-11-7-13(21)15(8-12(11)20)25-10-18(24)26-9-17(23)22-5-1-3-14(22)16-4-2-6-27-16/h2,4,6-8,14H,1,3,5,9-10H2. The van der Waals surface area contributed by atoms with Crippen LogP contribution in [-0.4, -0.2) is 36.5 Å². The van der Waals surface area contributed by atoms with Crippen molar-refractivity contribution in [3.05, 3.63) is 49.6 Å². The van der Waals surface area contributed by atoms with Gasteiger partial charge in [0, 0.05) is 17.5 Å². The number of halogens is 3. The van der Waals surface area contributed by atoms with E-state index in [-0.39, 0.29) is 46.0 Å². The molecule has 1 unspecified atom stereocenters. The molecule has 1 aromatic heterocycles. The zero-order chi connectivity index (χ0) is 19.4. The zero-order valence-corrected chi connectivity index (χ0v) is 17.2. The van der Waals surface area contributed by atoms with Gasteiger partial charge in [-0.2, -0.15) is 0 Å². The maximum Gasteiger partial charge on any atom is 0.344 e. The first-order valence-corrected chi connectivity index (χ1v) is 10.2. The number of amides is 1. The lowest BCUT2D eigenvalue weighted by molar-refractivity contribution is -0.154. The Morgan fingerprint density at radius 2 is 1.93 bits per heavy atom. The number of carbonyl (C=O) groups excluding carboxylic acids is 2. The molecule has 1 saturated heterocycles. The minimum Gasteiger partial charge on any atom is -0.480 e. The van der Waals surface area contributed by atoms with Gasteiger partial charge in [0.2, 0.25) is 0 Å². The van der Waals surface area contributed by atoms with Gasteiger partial charge < -0.3 is 14.4 Å². The zero-order valence-electron chi connectivity index (χ0n) is 14.1. The van der Waals surface area contributed by atoms with E-state index < -0.39 is 5.97 Å². The molecular formula is C18H16Cl3NO4S. The lowest BCUT2D eigenvalue weighted by Crippen LogP contribution is -2.34. The molecule has 1 aliphatic heterocycles. The van der Waals surface area contributed by atoms with Crippen molar-refractivity contribution in [3.8, 4) is 5.75 Å². The van der Waals surface area contributed by atoms with Crippen LogP contribution in [0.15, 0.2) is 29.6 Å². The fourth-order valence-corrected chi connectivity index (χ4v) is 4.33. The Morgan fingerprint density at radius 1 is 1.15 bits per heavy atom. The summed E-state index contributed by atoms with van der Waals surface area (Å²) < 4.78 is 10.3. The van der Waals surface area contributed by atoms with Crippen LogP contribution in [0, 0.1) is 0 Å². The summed E-state index contributed by atoms with van der Waals surface area (Å²) in [5.41, 5.74) is 0. The highest BCUT2D eigenvalue weighted by Gasteiger charge is 2.31. The molecule has 0 spiro atoms. The fraction of sp³-hybridized carbons (Fsp3) is 0.333. The van der Waals surface area contributed by atoms with Gasteiger partial charge in [-0.15, -0.1) is 11.3 Å². The van der Waals surface area contributed by atoms with Crippen molar-refractivity contribution in [1.82, 2.24) is 4.90 Å². The molecule has 1 atom stereocenters. The number of hydrogen-bond donors (Lipinski definition) is 0. The van der Waals surface area contributed by atoms with Gasteiger partial charge in [0.25, 0.3) is 5.91 Å². The Balaban J connectivity index is 1.49. The number of likely N-dealkylation sites (tertiary alicyclic amines) is 1. The molecule has 1 amide bonds. The highest BCUT2D eigenvalue weighted by Crippen LogP contribution is 2.35. The van der Waals surface area contributed by atoms with Gasteiger partial charge in [0.15, 0.2) is 13.2 Å². The summed E-state index contributed by atoms with van der Waals surface area (Å²) in [4.78, 5) is 27.2. The predicted octanol–water partition coefficient (Wildman–Crippen LogP) is 4.99. The van der Waals surface area contributed by atoms with E-state index in [1.807, 2.05) is 17.5 Å². The van der Waals surface area contributed by atoms with Crippen molar-refractivity contribution in [2.75, 3.05) is 19.8 Å². The molecule has 3 rings (SSSR count). The van der Waals surface area contributed by atoms with Gasteiger partial charge in [-0.25, -0.2) is 4.79 Å². The van der Waals surface area contributed by atoms with Gasteiger partial charge in [-0.05, 0) is 30.4 Å². The van der Waals surface area contributed by atoms with E-state index in [2.05, 4.69) is 0 Å². The lowest BCUT2D eigenvalue weighted by atomic mass is 10.2. The first-order chi connectivity index (χ1) is 13.0. The molecule has 0 N–H and O–H groups in total. The quantitative estimate of drug-likeness (QED) is 0.461. The number of nitrogens with zero attached hydrogens (tertiary/aromatic N) is 1. The van der Waals surface area contributed by atoms with E-state index in [1.165, 1.54) is 12.1 Å². The van der Waals surface area contributed by atoms with Crippen LogP contribution in [0.4, 0.5) is 0 Å². The summed E-state index contributed by atoms with van der Waals surface area (Å²) in [6.07, 6.45) is 1.85. The Bertz CT molecular complexity index is 828. The lowest BCUT2D eigenvalue weighted by Gasteiger charge is -2.23. The highest BCUT2D eigenvalue weighted by atomic mass is 35.5. The SMILES string of the molecule is O=C(COc1cc(Cl)c(Cl)cc1Cl)OCC(=O)N1CCCC1c1cccs1. The number of ether oxygens (including phenoxy) is 2. The average molecular weight is 449 g/mol. The molecule has 0 radical (unpaired) electrons. The minimum absolute atomic E-state index is 0.0578. The third-order valence-corrected chi connectivity index (χ3v) is 6.11. The van der Waals surface area contributed by atoms with E-state index >= 15 is 0 Å².